The van der Waals surface area contributed by atoms with Crippen molar-refractivity contribution in [3.63, 3.8) is 0 Å². The van der Waals surface area contributed by atoms with Gasteiger partial charge in [-0.05, 0) is 73.2 Å². The molecule has 1 aliphatic rings. The number of hydrogen-bond donors (Lipinski definition) is 0. The quantitative estimate of drug-likeness (QED) is 0.350. The predicted octanol–water partition coefficient (Wildman–Crippen LogP) is 5.32. The van der Waals surface area contributed by atoms with E-state index in [1.165, 1.54) is 6.07 Å². The lowest BCUT2D eigenvalue weighted by Gasteiger charge is -2.32. The Morgan fingerprint density at radius 3 is 2.59 bits per heavy atom. The number of aryl methyl sites for hydroxylation is 1. The minimum Gasteiger partial charge on any atom is -0.484 e. The summed E-state index contributed by atoms with van der Waals surface area (Å²) in [5, 5.41) is 0. The van der Waals surface area contributed by atoms with E-state index < -0.39 is 0 Å². The molecular formula is C30H33FN2O4. The van der Waals surface area contributed by atoms with Crippen LogP contribution in [-0.4, -0.2) is 38.7 Å². The number of halogens is 1. The van der Waals surface area contributed by atoms with E-state index in [4.69, 9.17) is 9.47 Å². The van der Waals surface area contributed by atoms with Crippen LogP contribution in [0, 0.1) is 5.82 Å². The fraction of sp³-hybridized carbons (Fsp3) is 0.333. The number of nitrogens with zero attached hydrogens (tertiary/aromatic N) is 2. The van der Waals surface area contributed by atoms with E-state index >= 15 is 0 Å². The molecule has 1 aliphatic heterocycles. The summed E-state index contributed by atoms with van der Waals surface area (Å²) < 4.78 is 25.4. The van der Waals surface area contributed by atoms with Gasteiger partial charge in [0.1, 0.15) is 11.6 Å². The number of carbonyl (C=O) groups excluding carboxylic acids is 2. The molecule has 0 N–H and O–H groups in total. The minimum absolute atomic E-state index is 0.0185. The van der Waals surface area contributed by atoms with Crippen LogP contribution in [0.25, 0.3) is 0 Å². The van der Waals surface area contributed by atoms with Crippen LogP contribution in [0.3, 0.4) is 0 Å². The van der Waals surface area contributed by atoms with Gasteiger partial charge in [-0.3, -0.25) is 9.59 Å². The molecule has 3 aromatic rings. The first-order chi connectivity index (χ1) is 18.0. The third-order valence-electron chi connectivity index (χ3n) is 6.54. The van der Waals surface area contributed by atoms with E-state index in [0.717, 1.165) is 35.3 Å². The Morgan fingerprint density at radius 1 is 1.03 bits per heavy atom. The molecule has 4 rings (SSSR count). The standard InChI is InChI=1S/C30H33FN2O4/c1-3-36-30(35)17-15-22-14-16-24(19-27(22)31)32(2)20-23-9-7-13-28-26(23)12-8-18-33(28)29(34)21-37-25-10-5-4-6-11-25/h4-7,9-11,13-14,16,19H,3,8,12,15,17-18,20-21H2,1-2H3. The second kappa shape index (κ2) is 12.4. The van der Waals surface area contributed by atoms with Crippen LogP contribution in [0.4, 0.5) is 15.8 Å². The summed E-state index contributed by atoms with van der Waals surface area (Å²) in [5.74, 6) is -0.0617. The molecule has 194 valence electrons. The zero-order valence-corrected chi connectivity index (χ0v) is 21.4. The molecule has 0 fully saturated rings. The number of esters is 1. The maximum Gasteiger partial charge on any atom is 0.306 e. The molecule has 6 nitrogen and oxygen atoms in total. The van der Waals surface area contributed by atoms with Crippen LogP contribution in [0.1, 0.15) is 36.5 Å². The molecule has 3 aromatic carbocycles. The highest BCUT2D eigenvalue weighted by Crippen LogP contribution is 2.32. The second-order valence-corrected chi connectivity index (χ2v) is 9.10. The zero-order chi connectivity index (χ0) is 26.2. The Balaban J connectivity index is 1.43. The number of para-hydroxylation sites is 1. The van der Waals surface area contributed by atoms with E-state index in [1.54, 1.807) is 13.0 Å². The lowest BCUT2D eigenvalue weighted by atomic mass is 9.95. The number of amides is 1. The topological polar surface area (TPSA) is 59.1 Å². The van der Waals surface area contributed by atoms with Gasteiger partial charge in [0.05, 0.1) is 6.61 Å². The SMILES string of the molecule is CCOC(=O)CCc1ccc(N(C)Cc2cccc3c2CCCN3C(=O)COc2ccccc2)cc1F. The normalized spacial score (nSPS) is 12.6. The third kappa shape index (κ3) is 6.67. The van der Waals surface area contributed by atoms with E-state index in [9.17, 15) is 14.0 Å². The molecule has 0 saturated heterocycles. The monoisotopic (exact) mass is 504 g/mol. The molecule has 37 heavy (non-hydrogen) atoms. The molecule has 7 heteroatoms. The molecule has 0 unspecified atom stereocenters. The Morgan fingerprint density at radius 2 is 1.84 bits per heavy atom. The van der Waals surface area contributed by atoms with Gasteiger partial charge in [-0.25, -0.2) is 4.39 Å². The average Bonchev–Trinajstić information content (AvgIpc) is 2.91. The second-order valence-electron chi connectivity index (χ2n) is 9.10. The first kappa shape index (κ1) is 26.2. The molecule has 0 saturated carbocycles. The summed E-state index contributed by atoms with van der Waals surface area (Å²) >= 11 is 0. The van der Waals surface area contributed by atoms with Gasteiger partial charge in [-0.15, -0.1) is 0 Å². The van der Waals surface area contributed by atoms with Crippen LogP contribution in [0.5, 0.6) is 5.75 Å². The summed E-state index contributed by atoms with van der Waals surface area (Å²) in [6.45, 7) is 3.29. The molecule has 0 bridgehead atoms. The van der Waals surface area contributed by atoms with Crippen molar-refractivity contribution in [2.75, 3.05) is 36.6 Å². The summed E-state index contributed by atoms with van der Waals surface area (Å²) in [6.07, 6.45) is 2.21. The van der Waals surface area contributed by atoms with Crippen molar-refractivity contribution < 1.29 is 23.5 Å². The van der Waals surface area contributed by atoms with E-state index in [1.807, 2.05) is 65.4 Å². The lowest BCUT2D eigenvalue weighted by Crippen LogP contribution is -2.39. The smallest absolute Gasteiger partial charge is 0.306 e. The van der Waals surface area contributed by atoms with Gasteiger partial charge in [-0.2, -0.15) is 0 Å². The molecule has 0 aliphatic carbocycles. The van der Waals surface area contributed by atoms with Crippen molar-refractivity contribution in [1.29, 1.82) is 0 Å². The third-order valence-corrected chi connectivity index (χ3v) is 6.54. The Hall–Kier alpha value is -3.87. The minimum atomic E-state index is -0.334. The van der Waals surface area contributed by atoms with Crippen LogP contribution in [0.15, 0.2) is 66.7 Å². The summed E-state index contributed by atoms with van der Waals surface area (Å²) in [7, 11) is 1.92. The number of benzene rings is 3. The number of carbonyl (C=O) groups is 2. The van der Waals surface area contributed by atoms with E-state index in [2.05, 4.69) is 6.07 Å². The van der Waals surface area contributed by atoms with Crippen molar-refractivity contribution in [2.45, 2.75) is 39.2 Å². The first-order valence-corrected chi connectivity index (χ1v) is 12.7. The molecule has 0 radical (unpaired) electrons. The van der Waals surface area contributed by atoms with E-state index in [0.29, 0.717) is 37.4 Å². The number of anilines is 2. The fourth-order valence-corrected chi connectivity index (χ4v) is 4.64. The summed E-state index contributed by atoms with van der Waals surface area (Å²) in [6, 6.07) is 20.4. The predicted molar refractivity (Wildman–Crippen MR) is 143 cm³/mol. The van der Waals surface area contributed by atoms with Gasteiger partial charge >= 0.3 is 5.97 Å². The molecule has 1 amide bonds. The zero-order valence-electron chi connectivity index (χ0n) is 21.4. The summed E-state index contributed by atoms with van der Waals surface area (Å²) in [5.41, 5.74) is 4.40. The highest BCUT2D eigenvalue weighted by Gasteiger charge is 2.25. The van der Waals surface area contributed by atoms with Gasteiger partial charge in [-0.1, -0.05) is 36.4 Å². The average molecular weight is 505 g/mol. The van der Waals surface area contributed by atoms with Crippen LogP contribution in [0.2, 0.25) is 0 Å². The van der Waals surface area contributed by atoms with Crippen molar-refractivity contribution in [2.24, 2.45) is 0 Å². The van der Waals surface area contributed by atoms with Crippen LogP contribution < -0.4 is 14.5 Å². The maximum absolute atomic E-state index is 14.8. The molecule has 1 heterocycles. The highest BCUT2D eigenvalue weighted by molar-refractivity contribution is 5.95. The molecule has 0 spiro atoms. The van der Waals surface area contributed by atoms with Gasteiger partial charge in [0, 0.05) is 37.9 Å². The van der Waals surface area contributed by atoms with Gasteiger partial charge in [0.15, 0.2) is 6.61 Å². The van der Waals surface area contributed by atoms with Gasteiger partial charge in [0.25, 0.3) is 5.91 Å². The van der Waals surface area contributed by atoms with Crippen LogP contribution in [-0.2, 0) is 33.7 Å². The Labute approximate surface area is 217 Å². The van der Waals surface area contributed by atoms with Crippen molar-refractivity contribution in [3.8, 4) is 5.75 Å². The van der Waals surface area contributed by atoms with Crippen LogP contribution >= 0.6 is 0 Å². The maximum atomic E-state index is 14.8. The number of hydrogen-bond acceptors (Lipinski definition) is 5. The number of fused-ring (bicyclic) bond motifs is 1. The van der Waals surface area contributed by atoms with Gasteiger partial charge in [0.2, 0.25) is 0 Å². The number of rotatable bonds is 10. The lowest BCUT2D eigenvalue weighted by molar-refractivity contribution is -0.143. The Kier molecular flexibility index (Phi) is 8.77. The fourth-order valence-electron chi connectivity index (χ4n) is 4.64. The van der Waals surface area contributed by atoms with Crippen molar-refractivity contribution >= 4 is 23.3 Å². The highest BCUT2D eigenvalue weighted by atomic mass is 19.1. The van der Waals surface area contributed by atoms with Gasteiger partial charge < -0.3 is 19.3 Å². The number of ether oxygens (including phenoxy) is 2. The van der Waals surface area contributed by atoms with E-state index in [-0.39, 0.29) is 30.7 Å². The molecule has 0 aromatic heterocycles. The molecule has 0 atom stereocenters. The first-order valence-electron chi connectivity index (χ1n) is 12.7. The summed E-state index contributed by atoms with van der Waals surface area (Å²) in [4.78, 5) is 28.4. The Bertz CT molecular complexity index is 1230. The molecular weight excluding hydrogens is 471 g/mol. The van der Waals surface area contributed by atoms with Crippen molar-refractivity contribution in [1.82, 2.24) is 0 Å². The largest absolute Gasteiger partial charge is 0.484 e. The van der Waals surface area contributed by atoms with Crippen molar-refractivity contribution in [3.05, 3.63) is 89.2 Å².